The van der Waals surface area contributed by atoms with E-state index in [2.05, 4.69) is 10.6 Å². The molecular formula is C15H24N2O3. The molecule has 0 heterocycles. The minimum atomic E-state index is -0.229. The average Bonchev–Trinajstić information content (AvgIpc) is 2.45. The lowest BCUT2D eigenvalue weighted by atomic mass is 10.2. The van der Waals surface area contributed by atoms with E-state index >= 15 is 0 Å². The van der Waals surface area contributed by atoms with Gasteiger partial charge in [-0.25, -0.2) is 0 Å². The summed E-state index contributed by atoms with van der Waals surface area (Å²) in [6, 6.07) is 5.53. The summed E-state index contributed by atoms with van der Waals surface area (Å²) in [5.74, 6) is 1.44. The van der Waals surface area contributed by atoms with Crippen molar-refractivity contribution in [2.45, 2.75) is 33.4 Å². The molecule has 0 saturated carbocycles. The first-order chi connectivity index (χ1) is 9.62. The van der Waals surface area contributed by atoms with E-state index in [9.17, 15) is 4.79 Å². The van der Waals surface area contributed by atoms with E-state index in [4.69, 9.17) is 9.47 Å². The number of hydrogen-bond donors (Lipinski definition) is 2. The molecule has 0 aromatic heterocycles. The maximum Gasteiger partial charge on any atom is 0.236 e. The van der Waals surface area contributed by atoms with Crippen LogP contribution < -0.4 is 20.1 Å². The monoisotopic (exact) mass is 280 g/mol. The van der Waals surface area contributed by atoms with Gasteiger partial charge in [0, 0.05) is 13.1 Å². The Morgan fingerprint density at radius 1 is 1.30 bits per heavy atom. The summed E-state index contributed by atoms with van der Waals surface area (Å²) in [7, 11) is 1.62. The fraction of sp³-hybridized carbons (Fsp3) is 0.533. The molecule has 1 aromatic carbocycles. The molecule has 1 atom stereocenters. The number of rotatable bonds is 8. The van der Waals surface area contributed by atoms with Gasteiger partial charge in [-0.2, -0.15) is 0 Å². The van der Waals surface area contributed by atoms with Crippen molar-refractivity contribution in [2.75, 3.05) is 20.3 Å². The Hall–Kier alpha value is -1.75. The summed E-state index contributed by atoms with van der Waals surface area (Å²) >= 11 is 0. The summed E-state index contributed by atoms with van der Waals surface area (Å²) < 4.78 is 10.8. The minimum Gasteiger partial charge on any atom is -0.493 e. The highest BCUT2D eigenvalue weighted by Gasteiger charge is 2.11. The van der Waals surface area contributed by atoms with E-state index in [0.29, 0.717) is 25.4 Å². The second-order valence-corrected chi connectivity index (χ2v) is 4.42. The highest BCUT2D eigenvalue weighted by Crippen LogP contribution is 2.27. The van der Waals surface area contributed by atoms with Gasteiger partial charge in [-0.3, -0.25) is 4.79 Å². The molecule has 0 aliphatic carbocycles. The van der Waals surface area contributed by atoms with Crippen molar-refractivity contribution >= 4 is 5.91 Å². The first-order valence-electron chi connectivity index (χ1n) is 6.93. The lowest BCUT2D eigenvalue weighted by Gasteiger charge is -2.15. The fourth-order valence-electron chi connectivity index (χ4n) is 1.79. The molecule has 0 bridgehead atoms. The molecule has 112 valence electrons. The van der Waals surface area contributed by atoms with Gasteiger partial charge in [0.1, 0.15) is 0 Å². The first kappa shape index (κ1) is 16.3. The number of nitrogens with one attached hydrogen (secondary N) is 2. The molecule has 20 heavy (non-hydrogen) atoms. The third-order valence-corrected chi connectivity index (χ3v) is 2.88. The van der Waals surface area contributed by atoms with Gasteiger partial charge in [0.2, 0.25) is 5.91 Å². The molecule has 0 fully saturated rings. The van der Waals surface area contributed by atoms with Crippen LogP contribution in [0, 0.1) is 0 Å². The minimum absolute atomic E-state index is 0.00560. The van der Waals surface area contributed by atoms with Gasteiger partial charge in [0.15, 0.2) is 11.5 Å². The number of amides is 1. The molecule has 1 rings (SSSR count). The van der Waals surface area contributed by atoms with Gasteiger partial charge in [-0.15, -0.1) is 0 Å². The SMILES string of the molecule is CCNC(=O)C(C)NCc1ccc(OC)c(OCC)c1. The number of hydrogen-bond acceptors (Lipinski definition) is 4. The summed E-state index contributed by atoms with van der Waals surface area (Å²) in [5, 5.41) is 5.97. The zero-order valence-electron chi connectivity index (χ0n) is 12.7. The quantitative estimate of drug-likeness (QED) is 0.761. The highest BCUT2D eigenvalue weighted by molar-refractivity contribution is 5.81. The van der Waals surface area contributed by atoms with Crippen LogP contribution in [-0.2, 0) is 11.3 Å². The number of benzene rings is 1. The van der Waals surface area contributed by atoms with E-state index < -0.39 is 0 Å². The van der Waals surface area contributed by atoms with E-state index in [0.717, 1.165) is 11.3 Å². The lowest BCUT2D eigenvalue weighted by Crippen LogP contribution is -2.41. The topological polar surface area (TPSA) is 59.6 Å². The molecule has 0 radical (unpaired) electrons. The first-order valence-corrected chi connectivity index (χ1v) is 6.93. The molecule has 0 spiro atoms. The van der Waals surface area contributed by atoms with E-state index in [1.165, 1.54) is 0 Å². The summed E-state index contributed by atoms with van der Waals surface area (Å²) in [4.78, 5) is 11.6. The van der Waals surface area contributed by atoms with E-state index in [1.54, 1.807) is 7.11 Å². The van der Waals surface area contributed by atoms with Crippen LogP contribution in [0.3, 0.4) is 0 Å². The van der Waals surface area contributed by atoms with Crippen LogP contribution in [-0.4, -0.2) is 32.2 Å². The van der Waals surface area contributed by atoms with Gasteiger partial charge in [-0.1, -0.05) is 6.07 Å². The fourth-order valence-corrected chi connectivity index (χ4v) is 1.79. The zero-order valence-corrected chi connectivity index (χ0v) is 12.7. The summed E-state index contributed by atoms with van der Waals surface area (Å²) in [6.45, 7) is 7.51. The van der Waals surface area contributed by atoms with Gasteiger partial charge in [-0.05, 0) is 38.5 Å². The van der Waals surface area contributed by atoms with Crippen molar-refractivity contribution in [3.63, 3.8) is 0 Å². The normalized spacial score (nSPS) is 11.8. The van der Waals surface area contributed by atoms with Crippen LogP contribution in [0.5, 0.6) is 11.5 Å². The predicted molar refractivity (Wildman–Crippen MR) is 79.1 cm³/mol. The van der Waals surface area contributed by atoms with E-state index in [1.807, 2.05) is 39.0 Å². The van der Waals surface area contributed by atoms with Gasteiger partial charge < -0.3 is 20.1 Å². The largest absolute Gasteiger partial charge is 0.493 e. The molecule has 2 N–H and O–H groups in total. The summed E-state index contributed by atoms with van der Waals surface area (Å²) in [6.07, 6.45) is 0. The Balaban J connectivity index is 2.64. The average molecular weight is 280 g/mol. The second-order valence-electron chi connectivity index (χ2n) is 4.42. The summed E-state index contributed by atoms with van der Waals surface area (Å²) in [5.41, 5.74) is 1.05. The molecule has 1 unspecified atom stereocenters. The number of carbonyl (C=O) groups excluding carboxylic acids is 1. The van der Waals surface area contributed by atoms with E-state index in [-0.39, 0.29) is 11.9 Å². The predicted octanol–water partition coefficient (Wildman–Crippen LogP) is 1.71. The maximum absolute atomic E-state index is 11.6. The Labute approximate surface area is 120 Å². The molecule has 0 aliphatic heterocycles. The van der Waals surface area contributed by atoms with Crippen molar-refractivity contribution in [3.8, 4) is 11.5 Å². The van der Waals surface area contributed by atoms with Crippen LogP contribution in [0.1, 0.15) is 26.3 Å². The van der Waals surface area contributed by atoms with Crippen molar-refractivity contribution in [2.24, 2.45) is 0 Å². The van der Waals surface area contributed by atoms with Gasteiger partial charge in [0.25, 0.3) is 0 Å². The van der Waals surface area contributed by atoms with Crippen LogP contribution in [0.2, 0.25) is 0 Å². The second kappa shape index (κ2) is 8.43. The Morgan fingerprint density at radius 3 is 2.65 bits per heavy atom. The van der Waals surface area contributed by atoms with Crippen molar-refractivity contribution in [3.05, 3.63) is 23.8 Å². The zero-order chi connectivity index (χ0) is 15.0. The number of methoxy groups -OCH3 is 1. The third kappa shape index (κ3) is 4.74. The Kier molecular flexibility index (Phi) is 6.87. The standard InChI is InChI=1S/C15H24N2O3/c1-5-16-15(18)11(3)17-10-12-7-8-13(19-4)14(9-12)20-6-2/h7-9,11,17H,5-6,10H2,1-4H3,(H,16,18). The highest BCUT2D eigenvalue weighted by atomic mass is 16.5. The molecule has 1 aromatic rings. The Morgan fingerprint density at radius 2 is 2.05 bits per heavy atom. The number of likely N-dealkylation sites (N-methyl/N-ethyl adjacent to an activating group) is 1. The third-order valence-electron chi connectivity index (χ3n) is 2.88. The molecule has 0 saturated heterocycles. The molecule has 5 nitrogen and oxygen atoms in total. The lowest BCUT2D eigenvalue weighted by molar-refractivity contribution is -0.122. The van der Waals surface area contributed by atoms with Crippen LogP contribution >= 0.6 is 0 Å². The van der Waals surface area contributed by atoms with Crippen LogP contribution in [0.25, 0.3) is 0 Å². The van der Waals surface area contributed by atoms with Gasteiger partial charge >= 0.3 is 0 Å². The molecule has 5 heteroatoms. The van der Waals surface area contributed by atoms with Crippen molar-refractivity contribution in [1.29, 1.82) is 0 Å². The maximum atomic E-state index is 11.6. The number of ether oxygens (including phenoxy) is 2. The molecular weight excluding hydrogens is 256 g/mol. The Bertz CT molecular complexity index is 435. The smallest absolute Gasteiger partial charge is 0.236 e. The molecule has 1 amide bonds. The molecule has 0 aliphatic rings. The van der Waals surface area contributed by atoms with Crippen molar-refractivity contribution < 1.29 is 14.3 Å². The number of carbonyl (C=O) groups is 1. The van der Waals surface area contributed by atoms with Crippen molar-refractivity contribution in [1.82, 2.24) is 10.6 Å². The van der Waals surface area contributed by atoms with Crippen LogP contribution in [0.15, 0.2) is 18.2 Å². The van der Waals surface area contributed by atoms with Crippen LogP contribution in [0.4, 0.5) is 0 Å². The van der Waals surface area contributed by atoms with Gasteiger partial charge in [0.05, 0.1) is 19.8 Å².